The molecule has 0 radical (unpaired) electrons. The third-order valence-electron chi connectivity index (χ3n) is 7.65. The molecule has 3 aromatic rings. The molecular formula is C29H31Cl2N3O2. The van der Waals surface area contributed by atoms with E-state index in [0.29, 0.717) is 21.5 Å². The number of anilines is 1. The van der Waals surface area contributed by atoms with Crippen LogP contribution in [0, 0.1) is 0 Å². The van der Waals surface area contributed by atoms with Crippen LogP contribution in [0.5, 0.6) is 5.75 Å². The Morgan fingerprint density at radius 1 is 0.889 bits per heavy atom. The van der Waals surface area contributed by atoms with E-state index in [4.69, 9.17) is 28.9 Å². The van der Waals surface area contributed by atoms with Crippen molar-refractivity contribution < 1.29 is 9.90 Å². The maximum atomic E-state index is 12.5. The molecule has 3 aromatic carbocycles. The number of benzene rings is 3. The molecule has 1 atom stereocenters. The summed E-state index contributed by atoms with van der Waals surface area (Å²) in [5.74, 6) is 0.156. The zero-order valence-corrected chi connectivity index (χ0v) is 21.7. The summed E-state index contributed by atoms with van der Waals surface area (Å²) >= 11 is 12.8. The summed E-state index contributed by atoms with van der Waals surface area (Å²) in [7, 11) is 0. The molecular weight excluding hydrogens is 493 g/mol. The quantitative estimate of drug-likeness (QED) is 0.393. The van der Waals surface area contributed by atoms with Gasteiger partial charge in [-0.2, -0.15) is 0 Å². The predicted molar refractivity (Wildman–Crippen MR) is 146 cm³/mol. The van der Waals surface area contributed by atoms with Crippen molar-refractivity contribution in [2.24, 2.45) is 5.73 Å². The third-order valence-corrected chi connectivity index (χ3v) is 8.45. The summed E-state index contributed by atoms with van der Waals surface area (Å²) < 4.78 is 0. The van der Waals surface area contributed by atoms with Gasteiger partial charge in [-0.25, -0.2) is 0 Å². The van der Waals surface area contributed by atoms with Crippen LogP contribution in [0.15, 0.2) is 60.7 Å². The van der Waals surface area contributed by atoms with E-state index in [0.717, 1.165) is 74.2 Å². The molecule has 7 heteroatoms. The first-order valence-electron chi connectivity index (χ1n) is 12.6. The van der Waals surface area contributed by atoms with Gasteiger partial charge in [-0.1, -0.05) is 72.4 Å². The number of aromatic hydroxyl groups is 1. The van der Waals surface area contributed by atoms with Crippen LogP contribution in [0.1, 0.15) is 64.7 Å². The van der Waals surface area contributed by atoms with Crippen molar-refractivity contribution in [3.63, 3.8) is 0 Å². The Labute approximate surface area is 222 Å². The summed E-state index contributed by atoms with van der Waals surface area (Å²) in [6.07, 6.45) is 4.40. The van der Waals surface area contributed by atoms with Crippen molar-refractivity contribution in [1.29, 1.82) is 0 Å². The average molecular weight is 524 g/mol. The van der Waals surface area contributed by atoms with Gasteiger partial charge in [0.05, 0.1) is 21.8 Å². The first-order chi connectivity index (χ1) is 17.5. The van der Waals surface area contributed by atoms with Gasteiger partial charge in [0.15, 0.2) is 0 Å². The molecule has 1 unspecified atom stereocenters. The SMILES string of the molecule is NC(=O)c1cccc(C(c2ccccc2O)N2CCN(c3cccc(Cl)c3Cl)CC2)c1C1CCCC1. The molecule has 5 rings (SSSR count). The minimum Gasteiger partial charge on any atom is -0.508 e. The Morgan fingerprint density at radius 3 is 2.25 bits per heavy atom. The maximum absolute atomic E-state index is 12.5. The number of rotatable bonds is 6. The number of hydrogen-bond donors (Lipinski definition) is 2. The van der Waals surface area contributed by atoms with E-state index < -0.39 is 5.91 Å². The number of halogens is 2. The normalized spacial score (nSPS) is 17.9. The first kappa shape index (κ1) is 24.9. The van der Waals surface area contributed by atoms with Crippen LogP contribution in [0.25, 0.3) is 0 Å². The highest BCUT2D eigenvalue weighted by Gasteiger charge is 2.34. The Bertz CT molecular complexity index is 1250. The van der Waals surface area contributed by atoms with E-state index in [1.165, 1.54) is 0 Å². The van der Waals surface area contributed by atoms with Gasteiger partial charge in [0.1, 0.15) is 5.75 Å². The highest BCUT2D eigenvalue weighted by atomic mass is 35.5. The molecule has 2 fully saturated rings. The van der Waals surface area contributed by atoms with Crippen molar-refractivity contribution in [2.45, 2.75) is 37.6 Å². The topological polar surface area (TPSA) is 69.8 Å². The lowest BCUT2D eigenvalue weighted by molar-refractivity contribution is 0.0998. The Morgan fingerprint density at radius 2 is 1.56 bits per heavy atom. The van der Waals surface area contributed by atoms with E-state index in [1.54, 1.807) is 12.1 Å². The zero-order valence-electron chi connectivity index (χ0n) is 20.2. The van der Waals surface area contributed by atoms with Gasteiger partial charge in [0, 0.05) is 37.3 Å². The maximum Gasteiger partial charge on any atom is 0.248 e. The number of primary amides is 1. The highest BCUT2D eigenvalue weighted by molar-refractivity contribution is 6.43. The molecule has 36 heavy (non-hydrogen) atoms. The number of hydrogen-bond acceptors (Lipinski definition) is 4. The fourth-order valence-corrected chi connectivity index (χ4v) is 6.36. The summed E-state index contributed by atoms with van der Waals surface area (Å²) in [6, 6.07) is 18.9. The van der Waals surface area contributed by atoms with Crippen molar-refractivity contribution in [1.82, 2.24) is 4.90 Å². The monoisotopic (exact) mass is 523 g/mol. The molecule has 1 saturated heterocycles. The number of para-hydroxylation sites is 1. The molecule has 3 N–H and O–H groups in total. The molecule has 0 spiro atoms. The van der Waals surface area contributed by atoms with Crippen LogP contribution >= 0.6 is 23.2 Å². The molecule has 1 aliphatic heterocycles. The molecule has 0 bridgehead atoms. The highest BCUT2D eigenvalue weighted by Crippen LogP contribution is 2.44. The van der Waals surface area contributed by atoms with Crippen LogP contribution in [0.2, 0.25) is 10.0 Å². The summed E-state index contributed by atoms with van der Waals surface area (Å²) in [4.78, 5) is 17.2. The lowest BCUT2D eigenvalue weighted by Gasteiger charge is -2.42. The van der Waals surface area contributed by atoms with Crippen LogP contribution < -0.4 is 10.6 Å². The van der Waals surface area contributed by atoms with Gasteiger partial charge in [0.2, 0.25) is 5.91 Å². The van der Waals surface area contributed by atoms with Crippen molar-refractivity contribution in [2.75, 3.05) is 31.1 Å². The lowest BCUT2D eigenvalue weighted by atomic mass is 9.82. The number of piperazine rings is 1. The van der Waals surface area contributed by atoms with Gasteiger partial charge in [-0.3, -0.25) is 9.69 Å². The Kier molecular flexibility index (Phi) is 7.42. The molecule has 1 saturated carbocycles. The molecule has 5 nitrogen and oxygen atoms in total. The number of nitrogens with zero attached hydrogens (tertiary/aromatic N) is 2. The Balaban J connectivity index is 1.55. The molecule has 1 aliphatic carbocycles. The number of carbonyl (C=O) groups excluding carboxylic acids is 1. The van der Waals surface area contributed by atoms with Crippen LogP contribution in [0.4, 0.5) is 5.69 Å². The van der Waals surface area contributed by atoms with E-state index >= 15 is 0 Å². The molecule has 2 aliphatic rings. The smallest absolute Gasteiger partial charge is 0.248 e. The van der Waals surface area contributed by atoms with Gasteiger partial charge < -0.3 is 15.7 Å². The standard InChI is InChI=1S/C29H31Cl2N3O2/c30-23-12-6-13-24(27(23)31)33-15-17-34(18-16-33)28(20-9-3-4-14-25(20)35)21-10-5-11-22(29(32)36)26(21)19-7-1-2-8-19/h3-6,9-14,19,28,35H,1-2,7-8,15-18H2,(H2,32,36). The number of nitrogens with two attached hydrogens (primary N) is 1. The number of phenolic OH excluding ortho intramolecular Hbond substituents is 1. The fraction of sp³-hybridized carbons (Fsp3) is 0.345. The van der Waals surface area contributed by atoms with E-state index in [1.807, 2.05) is 42.5 Å². The van der Waals surface area contributed by atoms with Crippen LogP contribution in [-0.2, 0) is 0 Å². The second kappa shape index (κ2) is 10.7. The van der Waals surface area contributed by atoms with Crippen molar-refractivity contribution in [3.05, 3.63) is 93.0 Å². The second-order valence-electron chi connectivity index (χ2n) is 9.71. The average Bonchev–Trinajstić information content (AvgIpc) is 3.42. The molecule has 1 heterocycles. The van der Waals surface area contributed by atoms with Gasteiger partial charge in [0.25, 0.3) is 0 Å². The first-order valence-corrected chi connectivity index (χ1v) is 13.3. The molecule has 188 valence electrons. The zero-order chi connectivity index (χ0) is 25.2. The van der Waals surface area contributed by atoms with Gasteiger partial charge in [-0.15, -0.1) is 0 Å². The lowest BCUT2D eigenvalue weighted by Crippen LogP contribution is -2.48. The van der Waals surface area contributed by atoms with Crippen molar-refractivity contribution in [3.8, 4) is 5.75 Å². The minimum absolute atomic E-state index is 0.196. The van der Waals surface area contributed by atoms with E-state index in [9.17, 15) is 9.90 Å². The summed E-state index contributed by atoms with van der Waals surface area (Å²) in [5, 5.41) is 12.1. The van der Waals surface area contributed by atoms with Crippen LogP contribution in [-0.4, -0.2) is 42.1 Å². The fourth-order valence-electron chi connectivity index (χ4n) is 5.94. The van der Waals surface area contributed by atoms with Crippen LogP contribution in [0.3, 0.4) is 0 Å². The van der Waals surface area contributed by atoms with Gasteiger partial charge >= 0.3 is 0 Å². The van der Waals surface area contributed by atoms with Gasteiger partial charge in [-0.05, 0) is 54.2 Å². The Hall–Kier alpha value is -2.73. The second-order valence-corrected chi connectivity index (χ2v) is 10.5. The summed E-state index contributed by atoms with van der Waals surface area (Å²) in [6.45, 7) is 3.04. The number of amides is 1. The predicted octanol–water partition coefficient (Wildman–Crippen LogP) is 6.37. The van der Waals surface area contributed by atoms with E-state index in [-0.39, 0.29) is 11.8 Å². The van der Waals surface area contributed by atoms with Crippen molar-refractivity contribution >= 4 is 34.8 Å². The number of carbonyl (C=O) groups is 1. The number of phenols is 1. The molecule has 0 aromatic heterocycles. The molecule has 1 amide bonds. The summed E-state index contributed by atoms with van der Waals surface area (Å²) in [5.41, 5.74) is 10.4. The minimum atomic E-state index is -0.393. The van der Waals surface area contributed by atoms with E-state index in [2.05, 4.69) is 15.9 Å². The third kappa shape index (κ3) is 4.80. The largest absolute Gasteiger partial charge is 0.508 e.